The van der Waals surface area contributed by atoms with Gasteiger partial charge in [-0.1, -0.05) is 40.8 Å². The number of carbonyl (C=O) groups excluding carboxylic acids is 4. The lowest BCUT2D eigenvalue weighted by Gasteiger charge is -2.46. The fourth-order valence-electron chi connectivity index (χ4n) is 3.01. The fraction of sp³-hybridized carbons (Fsp3) is 0.684. The zero-order chi connectivity index (χ0) is 21.9. The summed E-state index contributed by atoms with van der Waals surface area (Å²) in [5.41, 5.74) is 5.61. The third-order valence-electron chi connectivity index (χ3n) is 6.23. The molecule has 158 valence electrons. The minimum atomic E-state index is -2.10. The number of nitrogens with two attached hydrogens (primary N) is 1. The number of imide groups is 1. The molecule has 2 unspecified atom stereocenters. The van der Waals surface area contributed by atoms with Crippen LogP contribution in [0.25, 0.3) is 0 Å². The van der Waals surface area contributed by atoms with Crippen LogP contribution in [0.15, 0.2) is 12.2 Å². The summed E-state index contributed by atoms with van der Waals surface area (Å²) in [6.45, 7) is 14.7. The normalized spacial score (nSPS) is 17.2. The standard InChI is InChI=1S/C19H34N4O4Si/c1-12(2)19(4,5)28(6,7)22-17(18(20)27)13(3)21-14(24)10-11-23-15(25)8-9-16(23)26/h8-9,12-13,17,22H,10-11H2,1-7H3,(H2,20,27)(H,21,24). The van der Waals surface area contributed by atoms with E-state index in [9.17, 15) is 19.2 Å². The van der Waals surface area contributed by atoms with E-state index in [1.54, 1.807) is 6.92 Å². The van der Waals surface area contributed by atoms with Crippen LogP contribution >= 0.6 is 0 Å². The van der Waals surface area contributed by atoms with Gasteiger partial charge >= 0.3 is 0 Å². The lowest BCUT2D eigenvalue weighted by molar-refractivity contribution is -0.137. The molecule has 0 aromatic carbocycles. The molecule has 0 saturated heterocycles. The van der Waals surface area contributed by atoms with Crippen LogP contribution in [0, 0.1) is 5.92 Å². The molecule has 1 aliphatic rings. The number of primary amides is 1. The van der Waals surface area contributed by atoms with Crippen molar-refractivity contribution in [1.29, 1.82) is 0 Å². The van der Waals surface area contributed by atoms with E-state index in [0.29, 0.717) is 5.92 Å². The molecule has 1 rings (SSSR count). The molecule has 0 aliphatic carbocycles. The minimum absolute atomic E-state index is 0.00148. The second-order valence-corrected chi connectivity index (χ2v) is 13.6. The maximum Gasteiger partial charge on any atom is 0.253 e. The van der Waals surface area contributed by atoms with Gasteiger partial charge in [-0.15, -0.1) is 0 Å². The molecular weight excluding hydrogens is 376 g/mol. The lowest BCUT2D eigenvalue weighted by Crippen LogP contribution is -2.66. The first kappa shape index (κ1) is 24.0. The van der Waals surface area contributed by atoms with Gasteiger partial charge in [-0.25, -0.2) is 0 Å². The second kappa shape index (κ2) is 9.00. The van der Waals surface area contributed by atoms with E-state index in [1.807, 2.05) is 0 Å². The van der Waals surface area contributed by atoms with Gasteiger partial charge in [-0.3, -0.25) is 24.1 Å². The summed E-state index contributed by atoms with van der Waals surface area (Å²) in [5, 5.41) is 2.76. The molecule has 8 nitrogen and oxygen atoms in total. The number of nitrogens with one attached hydrogen (secondary N) is 2. The van der Waals surface area contributed by atoms with E-state index in [0.717, 1.165) is 4.90 Å². The highest BCUT2D eigenvalue weighted by atomic mass is 28.3. The highest BCUT2D eigenvalue weighted by molar-refractivity contribution is 6.78. The molecule has 0 saturated carbocycles. The van der Waals surface area contributed by atoms with Gasteiger partial charge in [0.25, 0.3) is 11.8 Å². The average molecular weight is 411 g/mol. The summed E-state index contributed by atoms with van der Waals surface area (Å²) < 4.78 is 0. The van der Waals surface area contributed by atoms with Crippen LogP contribution in [0.1, 0.15) is 41.0 Å². The van der Waals surface area contributed by atoms with Crippen LogP contribution in [-0.4, -0.2) is 55.4 Å². The Kier molecular flexibility index (Phi) is 7.72. The molecule has 9 heteroatoms. The molecule has 0 aromatic heterocycles. The highest BCUT2D eigenvalue weighted by Gasteiger charge is 2.44. The maximum atomic E-state index is 12.3. The van der Waals surface area contributed by atoms with Gasteiger partial charge in [0.1, 0.15) is 14.3 Å². The SMILES string of the molecule is CC(NC(=O)CCN1C(=O)C=CC1=O)C(N[Si](C)(C)C(C)(C)C(C)C)C(N)=O. The van der Waals surface area contributed by atoms with Crippen molar-refractivity contribution in [3.8, 4) is 0 Å². The van der Waals surface area contributed by atoms with E-state index in [2.05, 4.69) is 51.1 Å². The monoisotopic (exact) mass is 410 g/mol. The molecule has 0 spiro atoms. The van der Waals surface area contributed by atoms with Crippen molar-refractivity contribution < 1.29 is 19.2 Å². The van der Waals surface area contributed by atoms with Gasteiger partial charge in [0, 0.05) is 31.2 Å². The zero-order valence-electron chi connectivity index (χ0n) is 18.0. The minimum Gasteiger partial charge on any atom is -0.368 e. The predicted molar refractivity (Wildman–Crippen MR) is 111 cm³/mol. The van der Waals surface area contributed by atoms with Crippen LogP contribution in [0.2, 0.25) is 18.1 Å². The number of hydrogen-bond acceptors (Lipinski definition) is 5. The van der Waals surface area contributed by atoms with Crippen molar-refractivity contribution in [2.24, 2.45) is 11.7 Å². The van der Waals surface area contributed by atoms with E-state index < -0.39 is 38.0 Å². The Morgan fingerprint density at radius 2 is 1.64 bits per heavy atom. The van der Waals surface area contributed by atoms with Crippen molar-refractivity contribution >= 4 is 31.9 Å². The van der Waals surface area contributed by atoms with E-state index in [-0.39, 0.29) is 23.9 Å². The molecule has 4 N–H and O–H groups in total. The summed E-state index contributed by atoms with van der Waals surface area (Å²) in [6, 6.07) is -1.23. The van der Waals surface area contributed by atoms with E-state index in [4.69, 9.17) is 5.73 Å². The van der Waals surface area contributed by atoms with Crippen molar-refractivity contribution in [3.63, 3.8) is 0 Å². The molecule has 1 heterocycles. The molecule has 0 bridgehead atoms. The van der Waals surface area contributed by atoms with Crippen LogP contribution in [0.4, 0.5) is 0 Å². The number of hydrogen-bond donors (Lipinski definition) is 3. The Morgan fingerprint density at radius 3 is 2.07 bits per heavy atom. The summed E-state index contributed by atoms with van der Waals surface area (Å²) in [6.07, 6.45) is 2.32. The number of carbonyl (C=O) groups is 4. The van der Waals surface area contributed by atoms with Crippen LogP contribution in [0.5, 0.6) is 0 Å². The highest BCUT2D eigenvalue weighted by Crippen LogP contribution is 2.42. The third kappa shape index (κ3) is 5.51. The van der Waals surface area contributed by atoms with Gasteiger partial charge in [0.2, 0.25) is 11.8 Å². The Balaban J connectivity index is 2.73. The van der Waals surface area contributed by atoms with Gasteiger partial charge < -0.3 is 16.0 Å². The smallest absolute Gasteiger partial charge is 0.253 e. The largest absolute Gasteiger partial charge is 0.368 e. The topological polar surface area (TPSA) is 122 Å². The van der Waals surface area contributed by atoms with E-state index >= 15 is 0 Å². The van der Waals surface area contributed by atoms with Crippen LogP contribution < -0.4 is 16.0 Å². The van der Waals surface area contributed by atoms with Crippen LogP contribution in [0.3, 0.4) is 0 Å². The first-order chi connectivity index (χ1) is 12.7. The quantitative estimate of drug-likeness (QED) is 0.365. The first-order valence-electron chi connectivity index (χ1n) is 9.60. The first-order valence-corrected chi connectivity index (χ1v) is 12.6. The Morgan fingerprint density at radius 1 is 1.14 bits per heavy atom. The van der Waals surface area contributed by atoms with Gasteiger partial charge in [-0.2, -0.15) is 0 Å². The molecule has 28 heavy (non-hydrogen) atoms. The molecular formula is C19H34N4O4Si. The zero-order valence-corrected chi connectivity index (χ0v) is 19.0. The third-order valence-corrected chi connectivity index (χ3v) is 11.1. The Bertz CT molecular complexity index is 655. The predicted octanol–water partition coefficient (Wildman–Crippen LogP) is 0.891. The fourth-order valence-corrected chi connectivity index (χ4v) is 6.00. The molecule has 4 amide bonds. The average Bonchev–Trinajstić information content (AvgIpc) is 2.88. The van der Waals surface area contributed by atoms with E-state index in [1.165, 1.54) is 12.2 Å². The molecule has 1 aliphatic heterocycles. The summed E-state index contributed by atoms with van der Waals surface area (Å²) in [7, 11) is -2.10. The van der Waals surface area contributed by atoms with Gasteiger partial charge in [0.15, 0.2) is 0 Å². The molecule has 0 fully saturated rings. The number of rotatable bonds is 10. The van der Waals surface area contributed by atoms with Crippen molar-refractivity contribution in [2.75, 3.05) is 6.54 Å². The van der Waals surface area contributed by atoms with Crippen molar-refractivity contribution in [3.05, 3.63) is 12.2 Å². The Labute approximate surface area is 168 Å². The molecule has 2 atom stereocenters. The van der Waals surface area contributed by atoms with Crippen molar-refractivity contribution in [1.82, 2.24) is 15.2 Å². The summed E-state index contributed by atoms with van der Waals surface area (Å²) in [4.78, 5) is 51.9. The Hall–Kier alpha value is -2.00. The second-order valence-electron chi connectivity index (χ2n) is 8.79. The van der Waals surface area contributed by atoms with Crippen molar-refractivity contribution in [2.45, 2.75) is 71.3 Å². The molecule has 0 aromatic rings. The summed E-state index contributed by atoms with van der Waals surface area (Å²) >= 11 is 0. The number of nitrogens with zero attached hydrogens (tertiary/aromatic N) is 1. The summed E-state index contributed by atoms with van der Waals surface area (Å²) in [5.74, 6) is -1.32. The number of amides is 4. The van der Waals surface area contributed by atoms with Crippen LogP contribution in [-0.2, 0) is 19.2 Å². The van der Waals surface area contributed by atoms with Gasteiger partial charge in [0.05, 0.1) is 0 Å². The molecule has 0 radical (unpaired) electrons. The lowest BCUT2D eigenvalue weighted by atomic mass is 9.99. The maximum absolute atomic E-state index is 12.3. The van der Waals surface area contributed by atoms with Gasteiger partial charge in [-0.05, 0) is 17.9 Å².